The van der Waals surface area contributed by atoms with Crippen LogP contribution >= 0.6 is 0 Å². The Kier molecular flexibility index (Phi) is 7.91. The van der Waals surface area contributed by atoms with Crippen molar-refractivity contribution in [2.24, 2.45) is 0 Å². The molecule has 1 aromatic rings. The van der Waals surface area contributed by atoms with Crippen LogP contribution in [0.3, 0.4) is 0 Å². The molecule has 0 radical (unpaired) electrons. The number of esters is 1. The standard InChI is InChI=1S/C18H25NO6/c1-18(2,3)25-17(23)19-14(16(21)22)10-7-11-24-15(20)12-13-8-5-4-6-9-13/h4-6,8-9,14H,7,10-12H2,1-3H3,(H,19,23)(H,21,22)/t14-/m1/s1. The zero-order valence-electron chi connectivity index (χ0n) is 14.8. The fourth-order valence-corrected chi connectivity index (χ4v) is 1.99. The third kappa shape index (κ3) is 9.34. The van der Waals surface area contributed by atoms with Crippen LogP contribution in [0, 0.1) is 0 Å². The average molecular weight is 351 g/mol. The molecule has 0 aliphatic rings. The molecule has 25 heavy (non-hydrogen) atoms. The predicted molar refractivity (Wildman–Crippen MR) is 91.1 cm³/mol. The van der Waals surface area contributed by atoms with Crippen LogP contribution in [0.15, 0.2) is 30.3 Å². The van der Waals surface area contributed by atoms with Gasteiger partial charge in [-0.05, 0) is 39.2 Å². The van der Waals surface area contributed by atoms with E-state index in [1.54, 1.807) is 20.8 Å². The lowest BCUT2D eigenvalue weighted by molar-refractivity contribution is -0.143. The fraction of sp³-hybridized carbons (Fsp3) is 0.500. The highest BCUT2D eigenvalue weighted by molar-refractivity contribution is 5.80. The highest BCUT2D eigenvalue weighted by Crippen LogP contribution is 2.08. The molecule has 2 N–H and O–H groups in total. The Bertz CT molecular complexity index is 579. The number of rotatable bonds is 8. The molecule has 0 aliphatic heterocycles. The Morgan fingerprint density at radius 1 is 1.16 bits per heavy atom. The van der Waals surface area contributed by atoms with Gasteiger partial charge in [0.2, 0.25) is 0 Å². The largest absolute Gasteiger partial charge is 0.480 e. The molecule has 1 amide bonds. The average Bonchev–Trinajstić information content (AvgIpc) is 2.49. The number of ether oxygens (including phenoxy) is 2. The normalized spacial score (nSPS) is 12.1. The maximum atomic E-state index is 11.7. The van der Waals surface area contributed by atoms with Gasteiger partial charge in [-0.1, -0.05) is 30.3 Å². The van der Waals surface area contributed by atoms with Crippen LogP contribution in [-0.4, -0.2) is 41.4 Å². The number of carbonyl (C=O) groups excluding carboxylic acids is 2. The molecule has 0 heterocycles. The van der Waals surface area contributed by atoms with Gasteiger partial charge in [0.05, 0.1) is 13.0 Å². The van der Waals surface area contributed by atoms with Crippen LogP contribution in [0.2, 0.25) is 0 Å². The molecule has 0 fully saturated rings. The minimum atomic E-state index is -1.17. The lowest BCUT2D eigenvalue weighted by Crippen LogP contribution is -2.43. The second kappa shape index (κ2) is 9.66. The van der Waals surface area contributed by atoms with Crippen molar-refractivity contribution < 1.29 is 29.0 Å². The molecule has 7 nitrogen and oxygen atoms in total. The number of hydrogen-bond acceptors (Lipinski definition) is 5. The molecule has 0 aliphatic carbocycles. The van der Waals surface area contributed by atoms with Gasteiger partial charge < -0.3 is 19.9 Å². The molecular weight excluding hydrogens is 326 g/mol. The van der Waals surface area contributed by atoms with Crippen LogP contribution in [0.5, 0.6) is 0 Å². The number of carboxylic acid groups (broad SMARTS) is 1. The van der Waals surface area contributed by atoms with Crippen molar-refractivity contribution in [1.29, 1.82) is 0 Å². The lowest BCUT2D eigenvalue weighted by atomic mass is 10.1. The Labute approximate surface area is 147 Å². The number of benzene rings is 1. The Hall–Kier alpha value is -2.57. The summed E-state index contributed by atoms with van der Waals surface area (Å²) in [6.45, 7) is 5.16. The first-order chi connectivity index (χ1) is 11.7. The quantitative estimate of drug-likeness (QED) is 0.551. The summed E-state index contributed by atoms with van der Waals surface area (Å²) in [6, 6.07) is 8.09. The molecule has 1 aromatic carbocycles. The van der Waals surface area contributed by atoms with Crippen molar-refractivity contribution in [3.8, 4) is 0 Å². The summed E-state index contributed by atoms with van der Waals surface area (Å²) in [6.07, 6.45) is -0.180. The third-order valence-corrected chi connectivity index (χ3v) is 3.08. The number of hydrogen-bond donors (Lipinski definition) is 2. The molecule has 0 saturated heterocycles. The molecule has 0 aromatic heterocycles. The number of alkyl carbamates (subject to hydrolysis) is 1. The fourth-order valence-electron chi connectivity index (χ4n) is 1.99. The van der Waals surface area contributed by atoms with Gasteiger partial charge in [-0.2, -0.15) is 0 Å². The highest BCUT2D eigenvalue weighted by Gasteiger charge is 2.23. The zero-order chi connectivity index (χ0) is 18.9. The van der Waals surface area contributed by atoms with E-state index in [9.17, 15) is 14.4 Å². The first kappa shape index (κ1) is 20.5. The van der Waals surface area contributed by atoms with Crippen molar-refractivity contribution in [2.45, 2.75) is 51.7 Å². The SMILES string of the molecule is CC(C)(C)OC(=O)N[C@H](CCCOC(=O)Cc1ccccc1)C(=O)O. The van der Waals surface area contributed by atoms with Crippen molar-refractivity contribution in [3.05, 3.63) is 35.9 Å². The third-order valence-electron chi connectivity index (χ3n) is 3.08. The monoisotopic (exact) mass is 351 g/mol. The van der Waals surface area contributed by atoms with Crippen molar-refractivity contribution in [1.82, 2.24) is 5.32 Å². The van der Waals surface area contributed by atoms with E-state index in [-0.39, 0.29) is 25.4 Å². The molecule has 0 unspecified atom stereocenters. The van der Waals surface area contributed by atoms with Crippen molar-refractivity contribution >= 4 is 18.0 Å². The molecule has 0 saturated carbocycles. The van der Waals surface area contributed by atoms with Crippen molar-refractivity contribution in [3.63, 3.8) is 0 Å². The van der Waals surface area contributed by atoms with Gasteiger partial charge in [0.1, 0.15) is 11.6 Å². The number of carbonyl (C=O) groups is 3. The van der Waals surface area contributed by atoms with E-state index in [0.29, 0.717) is 6.42 Å². The van der Waals surface area contributed by atoms with E-state index in [2.05, 4.69) is 5.32 Å². The number of nitrogens with one attached hydrogen (secondary N) is 1. The van der Waals surface area contributed by atoms with Crippen molar-refractivity contribution in [2.75, 3.05) is 6.61 Å². The molecule has 1 atom stereocenters. The second-order valence-electron chi connectivity index (χ2n) is 6.56. The van der Waals surface area contributed by atoms with Gasteiger partial charge in [0.15, 0.2) is 0 Å². The van der Waals surface area contributed by atoms with Gasteiger partial charge in [-0.15, -0.1) is 0 Å². The van der Waals surface area contributed by atoms with Crippen LogP contribution in [0.25, 0.3) is 0 Å². The lowest BCUT2D eigenvalue weighted by Gasteiger charge is -2.22. The Morgan fingerprint density at radius 2 is 1.80 bits per heavy atom. The second-order valence-corrected chi connectivity index (χ2v) is 6.56. The summed E-state index contributed by atoms with van der Waals surface area (Å²) in [5.41, 5.74) is 0.141. The zero-order valence-corrected chi connectivity index (χ0v) is 14.8. The van der Waals surface area contributed by atoms with E-state index in [1.807, 2.05) is 30.3 Å². The Balaban J connectivity index is 2.32. The first-order valence-corrected chi connectivity index (χ1v) is 8.09. The molecule has 0 bridgehead atoms. The summed E-state index contributed by atoms with van der Waals surface area (Å²) < 4.78 is 10.1. The van der Waals surface area contributed by atoms with Gasteiger partial charge in [-0.3, -0.25) is 4.79 Å². The van der Waals surface area contributed by atoms with E-state index in [0.717, 1.165) is 5.56 Å². The highest BCUT2D eigenvalue weighted by atomic mass is 16.6. The van der Waals surface area contributed by atoms with Crippen LogP contribution in [-0.2, 0) is 25.5 Å². The first-order valence-electron chi connectivity index (χ1n) is 8.09. The summed E-state index contributed by atoms with van der Waals surface area (Å²) in [4.78, 5) is 34.5. The van der Waals surface area contributed by atoms with Crippen LogP contribution in [0.1, 0.15) is 39.2 Å². The minimum absolute atomic E-state index is 0.0887. The topological polar surface area (TPSA) is 102 Å². The van der Waals surface area contributed by atoms with E-state index in [4.69, 9.17) is 14.6 Å². The number of amides is 1. The summed E-state index contributed by atoms with van der Waals surface area (Å²) in [5.74, 6) is -1.54. The maximum absolute atomic E-state index is 11.7. The number of carboxylic acids is 1. The molecule has 138 valence electrons. The summed E-state index contributed by atoms with van der Waals surface area (Å²) in [5, 5.41) is 11.4. The smallest absolute Gasteiger partial charge is 0.408 e. The van der Waals surface area contributed by atoms with Gasteiger partial charge in [-0.25, -0.2) is 9.59 Å². The summed E-state index contributed by atoms with van der Waals surface area (Å²) in [7, 11) is 0. The maximum Gasteiger partial charge on any atom is 0.408 e. The van der Waals surface area contributed by atoms with E-state index in [1.165, 1.54) is 0 Å². The van der Waals surface area contributed by atoms with Gasteiger partial charge >= 0.3 is 18.0 Å². The predicted octanol–water partition coefficient (Wildman–Crippen LogP) is 2.53. The molecule has 7 heteroatoms. The molecular formula is C18H25NO6. The van der Waals surface area contributed by atoms with Crippen LogP contribution < -0.4 is 5.32 Å². The summed E-state index contributed by atoms with van der Waals surface area (Å²) >= 11 is 0. The van der Waals surface area contributed by atoms with Crippen LogP contribution in [0.4, 0.5) is 4.79 Å². The minimum Gasteiger partial charge on any atom is -0.480 e. The van der Waals surface area contributed by atoms with E-state index < -0.39 is 23.7 Å². The van der Waals surface area contributed by atoms with Gasteiger partial charge in [0.25, 0.3) is 0 Å². The molecule has 1 rings (SSSR count). The van der Waals surface area contributed by atoms with E-state index >= 15 is 0 Å². The number of aliphatic carboxylic acids is 1. The Morgan fingerprint density at radius 3 is 2.36 bits per heavy atom. The van der Waals surface area contributed by atoms with Gasteiger partial charge in [0, 0.05) is 0 Å². The molecule has 0 spiro atoms.